The summed E-state index contributed by atoms with van der Waals surface area (Å²) in [5, 5.41) is 5.34. The monoisotopic (exact) mass is 328 g/mol. The molecule has 0 bridgehead atoms. The van der Waals surface area contributed by atoms with Crippen LogP contribution in [0.3, 0.4) is 0 Å². The summed E-state index contributed by atoms with van der Waals surface area (Å²) in [6, 6.07) is 6.42. The number of nitrogens with one attached hydrogen (secondary N) is 1. The van der Waals surface area contributed by atoms with E-state index in [2.05, 4.69) is 20.3 Å². The van der Waals surface area contributed by atoms with Gasteiger partial charge in [-0.1, -0.05) is 0 Å². The van der Waals surface area contributed by atoms with Gasteiger partial charge in [-0.3, -0.25) is 4.79 Å². The number of aromatic nitrogens is 3. The number of thiazole rings is 1. The normalized spacial score (nSPS) is 10.6. The average Bonchev–Trinajstić information content (AvgIpc) is 2.91. The van der Waals surface area contributed by atoms with Gasteiger partial charge in [0.2, 0.25) is 5.95 Å². The van der Waals surface area contributed by atoms with E-state index >= 15 is 0 Å². The van der Waals surface area contributed by atoms with E-state index in [-0.39, 0.29) is 11.6 Å². The Morgan fingerprint density at radius 2 is 2.00 bits per heavy atom. The first kappa shape index (κ1) is 15.2. The molecule has 0 saturated heterocycles. The first-order chi connectivity index (χ1) is 11.0. The molecular formula is C16H13FN4OS. The number of carbonyl (C=O) groups excluding carboxylic acids is 1. The van der Waals surface area contributed by atoms with Gasteiger partial charge in [-0.15, -0.1) is 11.3 Å². The number of aryl methyl sites for hydroxylation is 2. The second kappa shape index (κ2) is 6.21. The Labute approximate surface area is 136 Å². The van der Waals surface area contributed by atoms with Crippen molar-refractivity contribution >= 4 is 23.1 Å². The minimum absolute atomic E-state index is 0.253. The zero-order valence-corrected chi connectivity index (χ0v) is 13.3. The lowest BCUT2D eigenvalue weighted by Crippen LogP contribution is -2.14. The number of nitrogens with zero attached hydrogens (tertiary/aromatic N) is 3. The molecule has 0 aliphatic rings. The number of hydrogen-bond donors (Lipinski definition) is 1. The Hall–Kier alpha value is -2.67. The van der Waals surface area contributed by atoms with Crippen LogP contribution in [-0.4, -0.2) is 20.9 Å². The van der Waals surface area contributed by atoms with Gasteiger partial charge in [-0.2, -0.15) is 4.39 Å². The summed E-state index contributed by atoms with van der Waals surface area (Å²) >= 11 is 1.45. The predicted octanol–water partition coefficient (Wildman–Crippen LogP) is 3.61. The molecule has 0 atom stereocenters. The van der Waals surface area contributed by atoms with Gasteiger partial charge in [0.1, 0.15) is 11.5 Å². The Morgan fingerprint density at radius 1 is 1.17 bits per heavy atom. The van der Waals surface area contributed by atoms with E-state index in [1.54, 1.807) is 30.5 Å². The molecule has 1 amide bonds. The molecule has 0 aliphatic heterocycles. The smallest absolute Gasteiger partial charge is 0.275 e. The van der Waals surface area contributed by atoms with Gasteiger partial charge in [0.05, 0.1) is 5.01 Å². The quantitative estimate of drug-likeness (QED) is 0.746. The van der Waals surface area contributed by atoms with Crippen molar-refractivity contribution in [2.45, 2.75) is 13.8 Å². The maximum atomic E-state index is 13.3. The summed E-state index contributed by atoms with van der Waals surface area (Å²) in [4.78, 5) is 24.3. The van der Waals surface area contributed by atoms with Crippen LogP contribution in [0.4, 0.5) is 10.2 Å². The molecule has 7 heteroatoms. The first-order valence-electron chi connectivity index (χ1n) is 6.85. The first-order valence-corrected chi connectivity index (χ1v) is 7.73. The molecule has 1 N–H and O–H groups in total. The number of amides is 1. The van der Waals surface area contributed by atoms with Gasteiger partial charge in [0.25, 0.3) is 5.91 Å². The van der Waals surface area contributed by atoms with Crippen molar-refractivity contribution in [3.63, 3.8) is 0 Å². The third kappa shape index (κ3) is 3.57. The lowest BCUT2D eigenvalue weighted by atomic mass is 10.1. The van der Waals surface area contributed by atoms with E-state index < -0.39 is 5.95 Å². The lowest BCUT2D eigenvalue weighted by Gasteiger charge is -2.07. The van der Waals surface area contributed by atoms with Crippen LogP contribution in [0.25, 0.3) is 11.1 Å². The molecule has 0 spiro atoms. The van der Waals surface area contributed by atoms with Gasteiger partial charge >= 0.3 is 0 Å². The summed E-state index contributed by atoms with van der Waals surface area (Å²) in [7, 11) is 0. The second-order valence-corrected chi connectivity index (χ2v) is 6.02. The summed E-state index contributed by atoms with van der Waals surface area (Å²) in [5.41, 5.74) is 2.27. The standard InChI is InChI=1S/C16H13FN4OS/c1-9-5-12(11-3-4-18-14(17)7-11)6-13(19-9)16(22)21-15-8-23-10(2)20-15/h3-8H,1-2H3,(H,21,22). The van der Waals surface area contributed by atoms with Crippen molar-refractivity contribution in [3.8, 4) is 11.1 Å². The number of halogens is 1. The molecule has 3 heterocycles. The largest absolute Gasteiger partial charge is 0.305 e. The molecule has 3 aromatic heterocycles. The molecule has 0 unspecified atom stereocenters. The van der Waals surface area contributed by atoms with Gasteiger partial charge < -0.3 is 5.32 Å². The highest BCUT2D eigenvalue weighted by Crippen LogP contribution is 2.21. The van der Waals surface area contributed by atoms with Crippen LogP contribution >= 0.6 is 11.3 Å². The minimum atomic E-state index is -0.569. The fourth-order valence-corrected chi connectivity index (χ4v) is 2.68. The second-order valence-electron chi connectivity index (χ2n) is 4.96. The third-order valence-electron chi connectivity index (χ3n) is 3.11. The van der Waals surface area contributed by atoms with Gasteiger partial charge in [-0.25, -0.2) is 15.0 Å². The minimum Gasteiger partial charge on any atom is -0.305 e. The molecule has 3 aromatic rings. The number of rotatable bonds is 3. The number of anilines is 1. The third-order valence-corrected chi connectivity index (χ3v) is 3.88. The van der Waals surface area contributed by atoms with E-state index in [4.69, 9.17) is 0 Å². The summed E-state index contributed by atoms with van der Waals surface area (Å²) in [6.07, 6.45) is 1.39. The summed E-state index contributed by atoms with van der Waals surface area (Å²) in [6.45, 7) is 3.64. The van der Waals surface area contributed by atoms with E-state index in [1.807, 2.05) is 6.92 Å². The Bertz CT molecular complexity index is 878. The molecule has 0 radical (unpaired) electrons. The highest BCUT2D eigenvalue weighted by molar-refractivity contribution is 7.09. The van der Waals surface area contributed by atoms with Crippen molar-refractivity contribution in [3.05, 3.63) is 58.2 Å². The fraction of sp³-hybridized carbons (Fsp3) is 0.125. The van der Waals surface area contributed by atoms with Crippen LogP contribution in [0.2, 0.25) is 0 Å². The highest BCUT2D eigenvalue weighted by Gasteiger charge is 2.12. The molecule has 0 fully saturated rings. The zero-order valence-electron chi connectivity index (χ0n) is 12.5. The molecule has 116 valence electrons. The highest BCUT2D eigenvalue weighted by atomic mass is 32.1. The lowest BCUT2D eigenvalue weighted by molar-refractivity contribution is 0.102. The summed E-state index contributed by atoms with van der Waals surface area (Å²) in [5.74, 6) is -0.423. The van der Waals surface area contributed by atoms with Crippen LogP contribution in [0, 0.1) is 19.8 Å². The number of hydrogen-bond acceptors (Lipinski definition) is 5. The van der Waals surface area contributed by atoms with Crippen LogP contribution in [0.5, 0.6) is 0 Å². The van der Waals surface area contributed by atoms with Crippen LogP contribution in [0.15, 0.2) is 35.8 Å². The van der Waals surface area contributed by atoms with Crippen molar-refractivity contribution < 1.29 is 9.18 Å². The predicted molar refractivity (Wildman–Crippen MR) is 87.0 cm³/mol. The topological polar surface area (TPSA) is 67.8 Å². The van der Waals surface area contributed by atoms with Gasteiger partial charge in [0, 0.05) is 23.3 Å². The molecular weight excluding hydrogens is 315 g/mol. The van der Waals surface area contributed by atoms with Crippen LogP contribution in [0.1, 0.15) is 21.2 Å². The van der Waals surface area contributed by atoms with Crippen molar-refractivity contribution in [1.82, 2.24) is 15.0 Å². The molecule has 3 rings (SSSR count). The van der Waals surface area contributed by atoms with Gasteiger partial charge in [-0.05, 0) is 43.2 Å². The van der Waals surface area contributed by atoms with Crippen LogP contribution < -0.4 is 5.32 Å². The molecule has 5 nitrogen and oxygen atoms in total. The van der Waals surface area contributed by atoms with Gasteiger partial charge in [0.15, 0.2) is 0 Å². The molecule has 0 saturated carbocycles. The molecule has 0 aromatic carbocycles. The maximum Gasteiger partial charge on any atom is 0.275 e. The Balaban J connectivity index is 1.92. The van der Waals surface area contributed by atoms with E-state index in [9.17, 15) is 9.18 Å². The molecule has 23 heavy (non-hydrogen) atoms. The maximum absolute atomic E-state index is 13.3. The zero-order chi connectivity index (χ0) is 16.4. The fourth-order valence-electron chi connectivity index (χ4n) is 2.13. The van der Waals surface area contributed by atoms with Crippen LogP contribution in [-0.2, 0) is 0 Å². The van der Waals surface area contributed by atoms with E-state index in [0.717, 1.165) is 5.01 Å². The average molecular weight is 328 g/mol. The van der Waals surface area contributed by atoms with Crippen molar-refractivity contribution in [2.75, 3.05) is 5.32 Å². The van der Waals surface area contributed by atoms with Crippen molar-refractivity contribution in [1.29, 1.82) is 0 Å². The number of pyridine rings is 2. The summed E-state index contributed by atoms with van der Waals surface area (Å²) < 4.78 is 13.3. The SMILES string of the molecule is Cc1cc(-c2ccnc(F)c2)cc(C(=O)Nc2csc(C)n2)n1. The Morgan fingerprint density at radius 3 is 2.70 bits per heavy atom. The number of carbonyl (C=O) groups is 1. The van der Waals surface area contributed by atoms with E-state index in [1.165, 1.54) is 23.6 Å². The van der Waals surface area contributed by atoms with E-state index in [0.29, 0.717) is 22.6 Å². The van der Waals surface area contributed by atoms with Crippen molar-refractivity contribution in [2.24, 2.45) is 0 Å². The Kier molecular flexibility index (Phi) is 4.12. The molecule has 0 aliphatic carbocycles.